The summed E-state index contributed by atoms with van der Waals surface area (Å²) in [6.07, 6.45) is 5.20. The van der Waals surface area contributed by atoms with Gasteiger partial charge in [0, 0.05) is 91.7 Å². The molecule has 0 spiro atoms. The number of amides is 16. The highest BCUT2D eigenvalue weighted by molar-refractivity contribution is 14.1. The van der Waals surface area contributed by atoms with Gasteiger partial charge in [0.25, 0.3) is 0 Å². The number of nitrogens with two attached hydrogens (primary N) is 1. The number of unbranched alkanes of at least 4 members (excludes halogenated alkanes) is 2. The predicted molar refractivity (Wildman–Crippen MR) is 526 cm³/mol. The third-order valence-electron chi connectivity index (χ3n) is 22.9. The summed E-state index contributed by atoms with van der Waals surface area (Å²) < 4.78 is 6.26. The van der Waals surface area contributed by atoms with Gasteiger partial charge >= 0.3 is 29.1 Å². The number of imidazole rings is 2. The van der Waals surface area contributed by atoms with Crippen molar-refractivity contribution < 1.29 is 111 Å². The summed E-state index contributed by atoms with van der Waals surface area (Å²) in [5.41, 5.74) is 8.40. The molecule has 43 nitrogen and oxygen atoms in total. The Morgan fingerprint density at radius 2 is 1.05 bits per heavy atom. The van der Waals surface area contributed by atoms with Gasteiger partial charge in [0.1, 0.15) is 83.7 Å². The predicted octanol–water partition coefficient (Wildman–Crippen LogP) is 3.08. The number of hydrogen-bond donors (Lipinski definition) is 24. The molecule has 1 aliphatic rings. The number of H-pyrrole nitrogens is 2. The highest BCUT2D eigenvalue weighted by Gasteiger charge is 2.43. The lowest BCUT2D eigenvalue weighted by molar-refractivity contribution is -0.142. The largest absolute Gasteiger partial charge is 0.508 e. The zero-order valence-electron chi connectivity index (χ0n) is 77.6. The summed E-state index contributed by atoms with van der Waals surface area (Å²) in [4.78, 5) is 251. The smallest absolute Gasteiger partial charge is 0.365 e. The number of hydrogen-bond acceptors (Lipinski definition) is 24. The van der Waals surface area contributed by atoms with Gasteiger partial charge in [0.05, 0.1) is 64.2 Å². The van der Waals surface area contributed by atoms with Crippen LogP contribution >= 0.6 is 47.8 Å². The first-order valence-corrected chi connectivity index (χ1v) is 47.7. The topological polar surface area (TPSA) is 658 Å². The van der Waals surface area contributed by atoms with E-state index in [1.54, 1.807) is 70.2 Å². The second kappa shape index (κ2) is 53.1. The van der Waals surface area contributed by atoms with Crippen molar-refractivity contribution >= 4 is 176 Å². The lowest BCUT2D eigenvalue weighted by Crippen LogP contribution is -2.62. The molecule has 1 aliphatic heterocycles. The van der Waals surface area contributed by atoms with Crippen molar-refractivity contribution in [2.45, 2.75) is 198 Å². The number of likely N-dealkylation sites (tertiary alicyclic amines) is 1. The molecular formula is C94H118IN20O23S2+. The van der Waals surface area contributed by atoms with Gasteiger partial charge in [0.15, 0.2) is 0 Å². The lowest BCUT2D eigenvalue weighted by atomic mass is 9.93. The second-order valence-electron chi connectivity index (χ2n) is 34.7. The number of aromatic carboxylic acids is 1. The van der Waals surface area contributed by atoms with E-state index in [9.17, 15) is 107 Å². The van der Waals surface area contributed by atoms with Crippen molar-refractivity contribution in [1.82, 2.24) is 94.0 Å². The number of rotatable bonds is 52. The molecule has 3 aromatic heterocycles. The Hall–Kier alpha value is -14.2. The van der Waals surface area contributed by atoms with E-state index < -0.39 is 198 Å². The van der Waals surface area contributed by atoms with E-state index in [2.05, 4.69) is 120 Å². The van der Waals surface area contributed by atoms with Gasteiger partial charge in [0.2, 0.25) is 82.7 Å². The van der Waals surface area contributed by atoms with Crippen molar-refractivity contribution in [1.29, 1.82) is 0 Å². The number of urea groups is 1. The number of fused-ring (bicyclic) bond motifs is 2. The SMILES string of the molecule is CC[C@H](C)[C@H](NC(=O)[C@H](Cc1cnc[nH]1)NC(=O)[C@H](CS)NC(=O)[C@H](CC(C)C)NC(=O)[C@H](CC(=O)O)NC(=O)[C@H](Cc1ccc(O)c(I)c1)NC(=O)[C@@H]1CCCN1C(=O)[C@H](CS)NC(=O)[C@H](Cc1cnc[nH]1)NC(=O)[C@H](Cc1ccccc1)NC(=O)CNC(=O)CNC(=O)CCCCCNC(=O)Nc1ccc(-c2c3ccc(O)cc3[o+]c3cc(O)ccc23)c(C(=O)O)c1)C(=O)N[C@@H](CC(C)C)C(N)=O. The maximum Gasteiger partial charge on any atom is 0.365 e. The first-order valence-electron chi connectivity index (χ1n) is 45.4. The molecular weight excluding hydrogens is 1970 g/mol. The van der Waals surface area contributed by atoms with Crippen LogP contribution in [0.15, 0.2) is 133 Å². The number of aliphatic carboxylic acids is 1. The number of phenols is 3. The molecule has 0 unspecified atom stereocenters. The molecule has 46 heteroatoms. The zero-order valence-corrected chi connectivity index (χ0v) is 81.6. The van der Waals surface area contributed by atoms with E-state index in [4.69, 9.17) is 10.2 Å². The highest BCUT2D eigenvalue weighted by Crippen LogP contribution is 2.41. The zero-order chi connectivity index (χ0) is 102. The molecule has 0 radical (unpaired) electrons. The number of aromatic nitrogens is 4. The standard InChI is InChI=1S/C94H117IN20O23S2/c1-7-50(6)81(91(133)106-63(82(96)124)29-48(2)3)114-88(130)68(36-55-41-98-47-103-55)109-89(131)70(44-139)112-83(125)64(30-49(4)5)107-87(129)69(39-79(122)123)110-85(127)66(33-52-19-26-73(118)62(95)31-52)111-90(132)72-17-14-28-115(72)92(134)71(45-140)113-86(128)67(35-54-40-97-46-102-54)108-84(126)65(32-51-15-10-8-11-16-51)105-78(121)43-101-77(120)42-100-76(119)18-12-9-13-27-99-94(137)104-53-20-23-58(61(34-53)93(135)136)80-59-24-21-56(116)37-74(59)138-75-38-57(117)22-25-60(75)80/h8,10-11,15-16,19-26,31,34,37-38,40-41,46-50,63-72,81H,7,9,12-14,17-18,27-30,32-33,35-36,39,42-45H2,1-6H3,(H24-,96,97,98,99,100,101,102,103,104,105,106,107,108,109,110,111,112,113,114,116,117,118,119,120,121,122,123,124,125,126,127,128,129,130,131,132,133,135,136,137,139,140)/p+1/t50-,63-,64-,65-,66-,67-,68-,69-,70-,71-,72-,81-/m0/s1. The summed E-state index contributed by atoms with van der Waals surface area (Å²) in [5.74, 6) is -17.3. The molecule has 4 heterocycles. The van der Waals surface area contributed by atoms with Gasteiger partial charge in [-0.05, 0) is 144 Å². The minimum Gasteiger partial charge on any atom is -0.508 e. The second-order valence-corrected chi connectivity index (χ2v) is 36.6. The number of carboxylic acids is 2. The van der Waals surface area contributed by atoms with Gasteiger partial charge in [-0.1, -0.05) is 96.8 Å². The molecule has 16 amide bonds. The van der Waals surface area contributed by atoms with Crippen LogP contribution in [0.1, 0.15) is 139 Å². The Balaban J connectivity index is 0.788. The van der Waals surface area contributed by atoms with E-state index in [1.165, 1.54) is 85.7 Å². The normalized spacial score (nSPS) is 14.7. The first-order chi connectivity index (χ1) is 66.7. The molecule has 12 atom stereocenters. The number of carboxylic acid groups (broad SMARTS) is 2. The van der Waals surface area contributed by atoms with E-state index in [0.29, 0.717) is 68.1 Å². The van der Waals surface area contributed by atoms with Gasteiger partial charge in [-0.25, -0.2) is 24.0 Å². The average molecular weight is 2090 g/mol. The molecule has 0 bridgehead atoms. The van der Waals surface area contributed by atoms with Crippen LogP contribution in [0.25, 0.3) is 33.1 Å². The van der Waals surface area contributed by atoms with Crippen LogP contribution in [0.4, 0.5) is 10.5 Å². The van der Waals surface area contributed by atoms with Crippen LogP contribution < -0.4 is 80.2 Å². The molecule has 1 saturated heterocycles. The highest BCUT2D eigenvalue weighted by atomic mass is 127. The van der Waals surface area contributed by atoms with Gasteiger partial charge in [-0.2, -0.15) is 25.3 Å². The number of halogens is 1. The van der Waals surface area contributed by atoms with E-state index >= 15 is 0 Å². The number of benzene rings is 5. The van der Waals surface area contributed by atoms with Crippen LogP contribution in [-0.4, -0.2) is 255 Å². The van der Waals surface area contributed by atoms with Crippen molar-refractivity contribution in [2.24, 2.45) is 23.5 Å². The Morgan fingerprint density at radius 3 is 1.61 bits per heavy atom. The number of phenolic OH excluding ortho intramolecular Hbond substituents is 3. The monoisotopic (exact) mass is 2090 g/mol. The van der Waals surface area contributed by atoms with Crippen LogP contribution in [-0.2, 0) is 97.6 Å². The molecule has 5 aromatic carbocycles. The van der Waals surface area contributed by atoms with Crippen LogP contribution in [0.2, 0.25) is 0 Å². The molecule has 140 heavy (non-hydrogen) atoms. The van der Waals surface area contributed by atoms with Crippen molar-refractivity contribution in [3.8, 4) is 28.4 Å². The van der Waals surface area contributed by atoms with E-state index in [-0.39, 0.29) is 134 Å². The van der Waals surface area contributed by atoms with Crippen LogP contribution in [0.5, 0.6) is 17.2 Å². The quantitative estimate of drug-likeness (QED) is 0.00856. The molecule has 23 N–H and O–H groups in total. The van der Waals surface area contributed by atoms with E-state index in [1.807, 2.05) is 36.4 Å². The Labute approximate surface area is 829 Å². The fraction of sp³-hybridized carbons (Fsp3) is 0.426. The van der Waals surface area contributed by atoms with Gasteiger partial charge in [-0.3, -0.25) is 71.9 Å². The van der Waals surface area contributed by atoms with Crippen molar-refractivity contribution in [3.63, 3.8) is 0 Å². The molecule has 8 aromatic rings. The fourth-order valence-electron chi connectivity index (χ4n) is 15.5. The number of thiol groups is 2. The van der Waals surface area contributed by atoms with Crippen LogP contribution in [0, 0.1) is 21.3 Å². The Kier molecular flexibility index (Phi) is 41.5. The maximum atomic E-state index is 14.9. The number of carbonyl (C=O) groups excluding carboxylic acids is 15. The van der Waals surface area contributed by atoms with Gasteiger partial charge < -0.3 is 121 Å². The Morgan fingerprint density at radius 1 is 0.529 bits per heavy atom. The number of aromatic amines is 2. The minimum absolute atomic E-state index is 0.00448. The lowest BCUT2D eigenvalue weighted by Gasteiger charge is -2.31. The molecule has 0 saturated carbocycles. The number of nitrogens with zero attached hydrogens (tertiary/aromatic N) is 3. The van der Waals surface area contributed by atoms with Crippen LogP contribution in [0.3, 0.4) is 0 Å². The summed E-state index contributed by atoms with van der Waals surface area (Å²) in [6, 6.07) is 8.83. The molecule has 9 rings (SSSR count). The summed E-state index contributed by atoms with van der Waals surface area (Å²) in [6.45, 7) is 9.40. The van der Waals surface area contributed by atoms with Crippen molar-refractivity contribution in [3.05, 3.63) is 160 Å². The summed E-state index contributed by atoms with van der Waals surface area (Å²) in [5, 5.41) is 88.7. The summed E-state index contributed by atoms with van der Waals surface area (Å²) >= 11 is 10.6. The summed E-state index contributed by atoms with van der Waals surface area (Å²) in [7, 11) is 0. The molecule has 1 fully saturated rings. The third kappa shape index (κ3) is 32.7. The Bertz CT molecular complexity index is 5720. The minimum atomic E-state index is -1.98. The van der Waals surface area contributed by atoms with Crippen molar-refractivity contribution in [2.75, 3.05) is 43.0 Å². The maximum absolute atomic E-state index is 14.9. The fourth-order valence-corrected chi connectivity index (χ4v) is 16.6. The third-order valence-corrected chi connectivity index (χ3v) is 24.5. The number of primary amides is 1. The molecule has 0 aliphatic carbocycles. The first kappa shape index (κ1) is 109. The van der Waals surface area contributed by atoms with E-state index in [0.717, 1.165) is 4.90 Å². The number of aromatic hydroxyl groups is 3. The number of carbonyl (C=O) groups is 17. The average Bonchev–Trinajstić information content (AvgIpc) is 0.769. The number of anilines is 1. The molecule has 750 valence electrons. The van der Waals surface area contributed by atoms with Gasteiger partial charge in [-0.15, -0.1) is 0 Å². The number of nitrogens with one attached hydrogen (secondary N) is 16.